The SMILES string of the molecule is CCC(=O)Nc1ccc(C(C)C(C)(C)C)cc1. The van der Waals surface area contributed by atoms with Gasteiger partial charge in [0.25, 0.3) is 0 Å². The van der Waals surface area contributed by atoms with Crippen LogP contribution in [0, 0.1) is 5.41 Å². The van der Waals surface area contributed by atoms with Crippen LogP contribution < -0.4 is 5.32 Å². The molecule has 1 aromatic rings. The van der Waals surface area contributed by atoms with Gasteiger partial charge in [0.05, 0.1) is 0 Å². The first-order chi connectivity index (χ1) is 7.84. The largest absolute Gasteiger partial charge is 0.326 e. The van der Waals surface area contributed by atoms with Gasteiger partial charge in [-0.05, 0) is 29.0 Å². The zero-order valence-corrected chi connectivity index (χ0v) is 11.5. The van der Waals surface area contributed by atoms with Gasteiger partial charge in [-0.2, -0.15) is 0 Å². The van der Waals surface area contributed by atoms with Gasteiger partial charge in [-0.1, -0.05) is 46.8 Å². The summed E-state index contributed by atoms with van der Waals surface area (Å²) in [5.41, 5.74) is 2.45. The highest BCUT2D eigenvalue weighted by Crippen LogP contribution is 2.34. The molecule has 17 heavy (non-hydrogen) atoms. The fraction of sp³-hybridized carbons (Fsp3) is 0.533. The van der Waals surface area contributed by atoms with E-state index in [0.717, 1.165) is 5.69 Å². The smallest absolute Gasteiger partial charge is 0.224 e. The third-order valence-electron chi connectivity index (χ3n) is 3.31. The molecule has 0 fully saturated rings. The van der Waals surface area contributed by atoms with Crippen molar-refractivity contribution in [1.29, 1.82) is 0 Å². The van der Waals surface area contributed by atoms with Crippen LogP contribution in [0.25, 0.3) is 0 Å². The third-order valence-corrected chi connectivity index (χ3v) is 3.31. The van der Waals surface area contributed by atoms with E-state index in [4.69, 9.17) is 0 Å². The van der Waals surface area contributed by atoms with Crippen LogP contribution in [0.2, 0.25) is 0 Å². The lowest BCUT2D eigenvalue weighted by molar-refractivity contribution is -0.115. The van der Waals surface area contributed by atoms with E-state index in [2.05, 4.69) is 45.1 Å². The maximum atomic E-state index is 11.2. The van der Waals surface area contributed by atoms with Crippen molar-refractivity contribution in [3.63, 3.8) is 0 Å². The summed E-state index contributed by atoms with van der Waals surface area (Å²) in [6.45, 7) is 10.8. The molecular formula is C15H23NO. The van der Waals surface area contributed by atoms with E-state index < -0.39 is 0 Å². The van der Waals surface area contributed by atoms with Crippen LogP contribution in [0.15, 0.2) is 24.3 Å². The molecule has 0 spiro atoms. The standard InChI is InChI=1S/C15H23NO/c1-6-14(17)16-13-9-7-12(8-10-13)11(2)15(3,4)5/h7-11H,6H2,1-5H3,(H,16,17). The number of carbonyl (C=O) groups is 1. The quantitative estimate of drug-likeness (QED) is 0.833. The normalized spacial score (nSPS) is 13.2. The van der Waals surface area contributed by atoms with Gasteiger partial charge >= 0.3 is 0 Å². The Hall–Kier alpha value is -1.31. The van der Waals surface area contributed by atoms with E-state index >= 15 is 0 Å². The molecule has 0 bridgehead atoms. The van der Waals surface area contributed by atoms with E-state index in [1.165, 1.54) is 5.56 Å². The van der Waals surface area contributed by atoms with E-state index in [0.29, 0.717) is 12.3 Å². The minimum atomic E-state index is 0.0571. The summed E-state index contributed by atoms with van der Waals surface area (Å²) in [7, 11) is 0. The van der Waals surface area contributed by atoms with Crippen LogP contribution in [0.5, 0.6) is 0 Å². The molecule has 2 heteroatoms. The molecule has 0 aliphatic carbocycles. The molecule has 0 radical (unpaired) electrons. The zero-order chi connectivity index (χ0) is 13.1. The number of nitrogens with one attached hydrogen (secondary N) is 1. The van der Waals surface area contributed by atoms with Crippen molar-refractivity contribution in [1.82, 2.24) is 0 Å². The first kappa shape index (κ1) is 13.8. The number of carbonyl (C=O) groups excluding carboxylic acids is 1. The molecule has 94 valence electrons. The Morgan fingerprint density at radius 2 is 1.76 bits per heavy atom. The van der Waals surface area contributed by atoms with Gasteiger partial charge in [-0.25, -0.2) is 0 Å². The van der Waals surface area contributed by atoms with Crippen molar-refractivity contribution in [3.05, 3.63) is 29.8 Å². The predicted octanol–water partition coefficient (Wildman–Crippen LogP) is 4.18. The highest BCUT2D eigenvalue weighted by atomic mass is 16.1. The second-order valence-corrected chi connectivity index (χ2v) is 5.61. The molecule has 0 saturated carbocycles. The summed E-state index contributed by atoms with van der Waals surface area (Å²) >= 11 is 0. The van der Waals surface area contributed by atoms with Gasteiger partial charge < -0.3 is 5.32 Å². The van der Waals surface area contributed by atoms with Crippen molar-refractivity contribution in [2.45, 2.75) is 47.0 Å². The molecule has 0 aliphatic heterocycles. The first-order valence-corrected chi connectivity index (χ1v) is 6.24. The highest BCUT2D eigenvalue weighted by Gasteiger charge is 2.21. The Labute approximate surface area is 104 Å². The molecule has 0 saturated heterocycles. The number of hydrogen-bond acceptors (Lipinski definition) is 1. The van der Waals surface area contributed by atoms with Crippen LogP contribution in [0.3, 0.4) is 0 Å². The minimum absolute atomic E-state index is 0.0571. The fourth-order valence-electron chi connectivity index (χ4n) is 1.60. The zero-order valence-electron chi connectivity index (χ0n) is 11.5. The second-order valence-electron chi connectivity index (χ2n) is 5.61. The summed E-state index contributed by atoms with van der Waals surface area (Å²) in [6, 6.07) is 8.15. The summed E-state index contributed by atoms with van der Waals surface area (Å²) in [4.78, 5) is 11.2. The Kier molecular flexibility index (Phi) is 4.33. The second kappa shape index (κ2) is 5.35. The predicted molar refractivity (Wildman–Crippen MR) is 73.2 cm³/mol. The molecule has 1 amide bonds. The Morgan fingerprint density at radius 3 is 2.18 bits per heavy atom. The van der Waals surface area contributed by atoms with E-state index in [1.54, 1.807) is 0 Å². The van der Waals surface area contributed by atoms with Gasteiger partial charge in [0.2, 0.25) is 5.91 Å². The monoisotopic (exact) mass is 233 g/mol. The van der Waals surface area contributed by atoms with Crippen molar-refractivity contribution >= 4 is 11.6 Å². The van der Waals surface area contributed by atoms with Crippen molar-refractivity contribution in [3.8, 4) is 0 Å². The number of hydrogen-bond donors (Lipinski definition) is 1. The molecular weight excluding hydrogens is 210 g/mol. The molecule has 1 N–H and O–H groups in total. The molecule has 0 aliphatic rings. The fourth-order valence-corrected chi connectivity index (χ4v) is 1.60. The number of anilines is 1. The molecule has 0 heterocycles. The van der Waals surface area contributed by atoms with Gasteiger partial charge in [-0.3, -0.25) is 4.79 Å². The Bertz CT molecular complexity index is 373. The van der Waals surface area contributed by atoms with Crippen LogP contribution >= 0.6 is 0 Å². The van der Waals surface area contributed by atoms with Crippen LogP contribution in [0.4, 0.5) is 5.69 Å². The maximum absolute atomic E-state index is 11.2. The molecule has 1 aromatic carbocycles. The Morgan fingerprint density at radius 1 is 1.24 bits per heavy atom. The van der Waals surface area contributed by atoms with E-state index in [-0.39, 0.29) is 11.3 Å². The molecule has 2 nitrogen and oxygen atoms in total. The molecule has 1 rings (SSSR count). The van der Waals surface area contributed by atoms with Crippen molar-refractivity contribution in [2.75, 3.05) is 5.32 Å². The van der Waals surface area contributed by atoms with E-state index in [9.17, 15) is 4.79 Å². The van der Waals surface area contributed by atoms with Crippen LogP contribution in [-0.4, -0.2) is 5.91 Å². The lowest BCUT2D eigenvalue weighted by Crippen LogP contribution is -2.15. The van der Waals surface area contributed by atoms with Gasteiger partial charge in [0, 0.05) is 12.1 Å². The highest BCUT2D eigenvalue weighted by molar-refractivity contribution is 5.90. The molecule has 1 unspecified atom stereocenters. The minimum Gasteiger partial charge on any atom is -0.326 e. The molecule has 1 atom stereocenters. The first-order valence-electron chi connectivity index (χ1n) is 6.24. The lowest BCUT2D eigenvalue weighted by atomic mass is 9.78. The van der Waals surface area contributed by atoms with Crippen LogP contribution in [0.1, 0.15) is 52.5 Å². The average molecular weight is 233 g/mol. The Balaban J connectivity index is 2.78. The van der Waals surface area contributed by atoms with Gasteiger partial charge in [-0.15, -0.1) is 0 Å². The van der Waals surface area contributed by atoms with Crippen molar-refractivity contribution in [2.24, 2.45) is 5.41 Å². The van der Waals surface area contributed by atoms with Gasteiger partial charge in [0.1, 0.15) is 0 Å². The van der Waals surface area contributed by atoms with Crippen molar-refractivity contribution < 1.29 is 4.79 Å². The average Bonchev–Trinajstić information content (AvgIpc) is 2.27. The lowest BCUT2D eigenvalue weighted by Gasteiger charge is -2.27. The summed E-state index contributed by atoms with van der Waals surface area (Å²) < 4.78 is 0. The summed E-state index contributed by atoms with van der Waals surface area (Å²) in [6.07, 6.45) is 0.514. The summed E-state index contributed by atoms with van der Waals surface area (Å²) in [5, 5.41) is 2.86. The number of amides is 1. The van der Waals surface area contributed by atoms with E-state index in [1.807, 2.05) is 19.1 Å². The van der Waals surface area contributed by atoms with Crippen LogP contribution in [-0.2, 0) is 4.79 Å². The molecule has 0 aromatic heterocycles. The number of rotatable bonds is 3. The number of benzene rings is 1. The maximum Gasteiger partial charge on any atom is 0.224 e. The van der Waals surface area contributed by atoms with Gasteiger partial charge in [0.15, 0.2) is 0 Å². The third kappa shape index (κ3) is 3.88. The topological polar surface area (TPSA) is 29.1 Å². The summed E-state index contributed by atoms with van der Waals surface area (Å²) in [5.74, 6) is 0.556.